The zero-order valence-electron chi connectivity index (χ0n) is 16.7. The average Bonchev–Trinajstić information content (AvgIpc) is 2.92. The predicted molar refractivity (Wildman–Crippen MR) is 112 cm³/mol. The van der Waals surface area contributed by atoms with E-state index in [0.717, 1.165) is 28.1 Å². The zero-order valence-corrected chi connectivity index (χ0v) is 16.7. The van der Waals surface area contributed by atoms with Crippen LogP contribution in [-0.2, 0) is 14.3 Å². The SMILES string of the molecule is COC(=O)C1=Cc2cc(-c3ccc(OCCOC(C)C)cc3)ccc2NCC1. The van der Waals surface area contributed by atoms with Crippen molar-refractivity contribution in [1.82, 2.24) is 0 Å². The number of fused-ring (bicyclic) bond motifs is 1. The number of ether oxygens (including phenoxy) is 3. The molecule has 5 heteroatoms. The van der Waals surface area contributed by atoms with Crippen molar-refractivity contribution in [3.63, 3.8) is 0 Å². The molecule has 2 aromatic rings. The molecule has 1 aliphatic heterocycles. The lowest BCUT2D eigenvalue weighted by Crippen LogP contribution is -2.11. The Labute approximate surface area is 166 Å². The number of benzene rings is 2. The Morgan fingerprint density at radius 1 is 1.07 bits per heavy atom. The number of methoxy groups -OCH3 is 1. The minimum atomic E-state index is -0.275. The van der Waals surface area contributed by atoms with Gasteiger partial charge in [0.25, 0.3) is 0 Å². The Hall–Kier alpha value is -2.79. The Kier molecular flexibility index (Phi) is 6.71. The maximum absolute atomic E-state index is 11.9. The molecule has 1 heterocycles. The van der Waals surface area contributed by atoms with Crippen molar-refractivity contribution in [2.24, 2.45) is 0 Å². The fraction of sp³-hybridized carbons (Fsp3) is 0.348. The van der Waals surface area contributed by atoms with E-state index in [-0.39, 0.29) is 12.1 Å². The largest absolute Gasteiger partial charge is 0.491 e. The van der Waals surface area contributed by atoms with Gasteiger partial charge in [-0.3, -0.25) is 0 Å². The topological polar surface area (TPSA) is 56.8 Å². The highest BCUT2D eigenvalue weighted by Gasteiger charge is 2.15. The lowest BCUT2D eigenvalue weighted by Gasteiger charge is -2.11. The molecule has 0 bridgehead atoms. The summed E-state index contributed by atoms with van der Waals surface area (Å²) >= 11 is 0. The van der Waals surface area contributed by atoms with Gasteiger partial charge in [-0.05, 0) is 67.3 Å². The number of hydrogen-bond acceptors (Lipinski definition) is 5. The van der Waals surface area contributed by atoms with Gasteiger partial charge in [0.15, 0.2) is 0 Å². The number of anilines is 1. The second-order valence-electron chi connectivity index (χ2n) is 6.93. The molecular weight excluding hydrogens is 354 g/mol. The van der Waals surface area contributed by atoms with E-state index in [0.29, 0.717) is 31.8 Å². The quantitative estimate of drug-likeness (QED) is 0.564. The molecular formula is C23H27NO4. The third-order valence-electron chi connectivity index (χ3n) is 4.53. The summed E-state index contributed by atoms with van der Waals surface area (Å²) in [7, 11) is 1.41. The third kappa shape index (κ3) is 5.14. The highest BCUT2D eigenvalue weighted by Crippen LogP contribution is 2.30. The summed E-state index contributed by atoms with van der Waals surface area (Å²) in [6.45, 7) is 5.83. The second-order valence-corrected chi connectivity index (χ2v) is 6.93. The van der Waals surface area contributed by atoms with Crippen LogP contribution in [0.4, 0.5) is 5.69 Å². The lowest BCUT2D eigenvalue weighted by atomic mass is 10.0. The van der Waals surface area contributed by atoms with Crippen LogP contribution in [0.3, 0.4) is 0 Å². The van der Waals surface area contributed by atoms with E-state index in [9.17, 15) is 4.79 Å². The van der Waals surface area contributed by atoms with Gasteiger partial charge in [0, 0.05) is 17.8 Å². The van der Waals surface area contributed by atoms with Crippen LogP contribution >= 0.6 is 0 Å². The highest BCUT2D eigenvalue weighted by molar-refractivity contribution is 5.95. The van der Waals surface area contributed by atoms with E-state index in [2.05, 4.69) is 23.5 Å². The summed E-state index contributed by atoms with van der Waals surface area (Å²) in [4.78, 5) is 11.9. The number of carbonyl (C=O) groups excluding carboxylic acids is 1. The highest BCUT2D eigenvalue weighted by atomic mass is 16.5. The summed E-state index contributed by atoms with van der Waals surface area (Å²) < 4.78 is 16.1. The van der Waals surface area contributed by atoms with Gasteiger partial charge >= 0.3 is 5.97 Å². The smallest absolute Gasteiger partial charge is 0.333 e. The van der Waals surface area contributed by atoms with Crippen LogP contribution in [-0.4, -0.2) is 38.9 Å². The average molecular weight is 381 g/mol. The molecule has 28 heavy (non-hydrogen) atoms. The Bertz CT molecular complexity index is 840. The van der Waals surface area contributed by atoms with Crippen LogP contribution in [0.1, 0.15) is 25.8 Å². The molecule has 0 spiro atoms. The molecule has 0 fully saturated rings. The van der Waals surface area contributed by atoms with Crippen LogP contribution in [0.2, 0.25) is 0 Å². The number of esters is 1. The van der Waals surface area contributed by atoms with Crippen molar-refractivity contribution in [2.45, 2.75) is 26.4 Å². The van der Waals surface area contributed by atoms with Gasteiger partial charge in [-0.2, -0.15) is 0 Å². The van der Waals surface area contributed by atoms with Gasteiger partial charge in [-0.1, -0.05) is 18.2 Å². The molecule has 1 N–H and O–H groups in total. The van der Waals surface area contributed by atoms with Gasteiger partial charge in [-0.25, -0.2) is 4.79 Å². The standard InChI is InChI=1S/C23H27NO4/c1-16(2)27-12-13-28-21-7-4-17(5-8-21)18-6-9-22-20(14-18)15-19(10-11-24-22)23(25)26-3/h4-9,14-16,24H,10-13H2,1-3H3. The van der Waals surface area contributed by atoms with E-state index in [1.54, 1.807) is 0 Å². The first-order valence-corrected chi connectivity index (χ1v) is 9.58. The van der Waals surface area contributed by atoms with E-state index in [1.807, 2.05) is 44.2 Å². The molecule has 0 unspecified atom stereocenters. The molecule has 1 aliphatic rings. The molecule has 0 radical (unpaired) electrons. The Morgan fingerprint density at radius 3 is 2.54 bits per heavy atom. The molecule has 2 aromatic carbocycles. The first kappa shape index (κ1) is 20.0. The van der Waals surface area contributed by atoms with Crippen molar-refractivity contribution in [1.29, 1.82) is 0 Å². The van der Waals surface area contributed by atoms with E-state index < -0.39 is 0 Å². The predicted octanol–water partition coefficient (Wildman–Crippen LogP) is 4.53. The lowest BCUT2D eigenvalue weighted by molar-refractivity contribution is -0.136. The number of nitrogens with one attached hydrogen (secondary N) is 1. The summed E-state index contributed by atoms with van der Waals surface area (Å²) in [5, 5.41) is 3.37. The first-order valence-electron chi connectivity index (χ1n) is 9.58. The van der Waals surface area contributed by atoms with Crippen LogP contribution < -0.4 is 10.1 Å². The van der Waals surface area contributed by atoms with E-state index >= 15 is 0 Å². The van der Waals surface area contributed by atoms with Gasteiger partial charge < -0.3 is 19.5 Å². The van der Waals surface area contributed by atoms with Gasteiger partial charge in [-0.15, -0.1) is 0 Å². The Morgan fingerprint density at radius 2 is 1.82 bits per heavy atom. The number of hydrogen-bond donors (Lipinski definition) is 1. The minimum absolute atomic E-state index is 0.211. The summed E-state index contributed by atoms with van der Waals surface area (Å²) in [6, 6.07) is 14.2. The van der Waals surface area contributed by atoms with Crippen LogP contribution in [0.25, 0.3) is 17.2 Å². The second kappa shape index (κ2) is 9.42. The van der Waals surface area contributed by atoms with Crippen molar-refractivity contribution in [3.05, 3.63) is 53.6 Å². The molecule has 5 nitrogen and oxygen atoms in total. The molecule has 0 saturated heterocycles. The maximum atomic E-state index is 11.9. The molecule has 0 atom stereocenters. The van der Waals surface area contributed by atoms with Crippen LogP contribution in [0, 0.1) is 0 Å². The minimum Gasteiger partial charge on any atom is -0.491 e. The summed E-state index contributed by atoms with van der Waals surface area (Å²) in [5.74, 6) is 0.545. The molecule has 0 amide bonds. The molecule has 3 rings (SSSR count). The van der Waals surface area contributed by atoms with E-state index in [4.69, 9.17) is 14.2 Å². The van der Waals surface area contributed by atoms with Crippen LogP contribution in [0.15, 0.2) is 48.0 Å². The fourth-order valence-electron chi connectivity index (χ4n) is 3.09. The molecule has 148 valence electrons. The first-order chi connectivity index (χ1) is 13.6. The normalized spacial score (nSPS) is 13.2. The van der Waals surface area contributed by atoms with Crippen molar-refractivity contribution >= 4 is 17.7 Å². The zero-order chi connectivity index (χ0) is 19.9. The van der Waals surface area contributed by atoms with Crippen molar-refractivity contribution in [3.8, 4) is 16.9 Å². The maximum Gasteiger partial charge on any atom is 0.333 e. The Balaban J connectivity index is 1.74. The monoisotopic (exact) mass is 381 g/mol. The summed E-state index contributed by atoms with van der Waals surface area (Å²) in [6.07, 6.45) is 2.77. The van der Waals surface area contributed by atoms with Gasteiger partial charge in [0.2, 0.25) is 0 Å². The number of rotatable bonds is 7. The fourth-order valence-corrected chi connectivity index (χ4v) is 3.09. The van der Waals surface area contributed by atoms with Crippen molar-refractivity contribution < 1.29 is 19.0 Å². The van der Waals surface area contributed by atoms with Gasteiger partial charge in [0.05, 0.1) is 19.8 Å². The number of carbonyl (C=O) groups is 1. The molecule has 0 aromatic heterocycles. The third-order valence-corrected chi connectivity index (χ3v) is 4.53. The van der Waals surface area contributed by atoms with E-state index in [1.165, 1.54) is 7.11 Å². The van der Waals surface area contributed by atoms with Crippen molar-refractivity contribution in [2.75, 3.05) is 32.2 Å². The molecule has 0 aliphatic carbocycles. The summed E-state index contributed by atoms with van der Waals surface area (Å²) in [5.41, 5.74) is 4.86. The van der Waals surface area contributed by atoms with Gasteiger partial charge in [0.1, 0.15) is 12.4 Å². The van der Waals surface area contributed by atoms with Crippen LogP contribution in [0.5, 0.6) is 5.75 Å². The molecule has 0 saturated carbocycles.